The van der Waals surface area contributed by atoms with Gasteiger partial charge in [-0.2, -0.15) is 0 Å². The number of hydrazine groups is 2. The van der Waals surface area contributed by atoms with Gasteiger partial charge in [0.05, 0.1) is 5.69 Å². The monoisotopic (exact) mass is 208 g/mol. The number of nitrogens with two attached hydrogens (primary N) is 2. The van der Waals surface area contributed by atoms with Crippen LogP contribution in [-0.4, -0.2) is 6.03 Å². The van der Waals surface area contributed by atoms with Crippen LogP contribution in [0.2, 0.25) is 0 Å². The highest BCUT2D eigenvalue weighted by Crippen LogP contribution is 2.24. The number of aryl methyl sites for hydroxylation is 3. The molecule has 0 spiro atoms. The zero-order chi connectivity index (χ0) is 11.6. The fraction of sp³-hybridized carbons (Fsp3) is 0.300. The third-order valence-electron chi connectivity index (χ3n) is 2.22. The van der Waals surface area contributed by atoms with Crippen LogP contribution in [0.25, 0.3) is 0 Å². The molecule has 82 valence electrons. The molecule has 0 saturated heterocycles. The van der Waals surface area contributed by atoms with Gasteiger partial charge in [0.2, 0.25) is 0 Å². The number of urea groups is 1. The van der Waals surface area contributed by atoms with Crippen molar-refractivity contribution >= 4 is 11.7 Å². The van der Waals surface area contributed by atoms with Crippen molar-refractivity contribution in [2.45, 2.75) is 20.8 Å². The van der Waals surface area contributed by atoms with E-state index in [1.807, 2.05) is 38.3 Å². The van der Waals surface area contributed by atoms with E-state index >= 15 is 0 Å². The first-order valence-electron chi connectivity index (χ1n) is 4.60. The first-order chi connectivity index (χ1) is 6.97. The van der Waals surface area contributed by atoms with Crippen LogP contribution in [0.4, 0.5) is 10.5 Å². The Bertz CT molecular complexity index is 366. The molecule has 0 unspecified atom stereocenters. The predicted octanol–water partition coefficient (Wildman–Crippen LogP) is 0.875. The average molecular weight is 208 g/mol. The maximum Gasteiger partial charge on any atom is 0.350 e. The summed E-state index contributed by atoms with van der Waals surface area (Å²) in [5.41, 5.74) is 5.70. The molecule has 1 aromatic carbocycles. The van der Waals surface area contributed by atoms with Gasteiger partial charge in [0.25, 0.3) is 0 Å². The molecule has 0 heterocycles. The molecule has 0 aliphatic heterocycles. The number of amides is 2. The Morgan fingerprint density at radius 1 is 1.27 bits per heavy atom. The minimum atomic E-state index is -0.537. The van der Waals surface area contributed by atoms with Crippen molar-refractivity contribution in [2.75, 3.05) is 5.01 Å². The Morgan fingerprint density at radius 3 is 2.13 bits per heavy atom. The molecule has 0 aromatic heterocycles. The molecule has 1 rings (SSSR count). The zero-order valence-electron chi connectivity index (χ0n) is 9.16. The van der Waals surface area contributed by atoms with Crippen LogP contribution >= 0.6 is 0 Å². The first-order valence-corrected chi connectivity index (χ1v) is 4.60. The van der Waals surface area contributed by atoms with Crippen LogP contribution in [0.15, 0.2) is 12.1 Å². The molecule has 0 saturated carbocycles. The highest BCUT2D eigenvalue weighted by molar-refractivity contribution is 5.92. The molecule has 15 heavy (non-hydrogen) atoms. The summed E-state index contributed by atoms with van der Waals surface area (Å²) in [6, 6.07) is 3.39. The van der Waals surface area contributed by atoms with Crippen molar-refractivity contribution in [3.8, 4) is 0 Å². The molecule has 0 bridgehead atoms. The average Bonchev–Trinajstić information content (AvgIpc) is 2.14. The van der Waals surface area contributed by atoms with Crippen molar-refractivity contribution in [3.05, 3.63) is 28.8 Å². The summed E-state index contributed by atoms with van der Waals surface area (Å²) >= 11 is 0. The molecular formula is C10H16N4O. The van der Waals surface area contributed by atoms with Crippen molar-refractivity contribution in [2.24, 2.45) is 11.7 Å². The van der Waals surface area contributed by atoms with E-state index in [-0.39, 0.29) is 0 Å². The number of benzene rings is 1. The van der Waals surface area contributed by atoms with Gasteiger partial charge in [0.1, 0.15) is 0 Å². The molecule has 0 aliphatic rings. The van der Waals surface area contributed by atoms with Crippen LogP contribution in [0.1, 0.15) is 16.7 Å². The minimum absolute atomic E-state index is 0.537. The Kier molecular flexibility index (Phi) is 3.28. The lowest BCUT2D eigenvalue weighted by Gasteiger charge is -2.20. The maximum atomic E-state index is 11.3. The summed E-state index contributed by atoms with van der Waals surface area (Å²) in [6.45, 7) is 5.80. The van der Waals surface area contributed by atoms with Gasteiger partial charge >= 0.3 is 6.03 Å². The lowest BCUT2D eigenvalue weighted by molar-refractivity contribution is 0.246. The van der Waals surface area contributed by atoms with Crippen LogP contribution in [-0.2, 0) is 0 Å². The molecule has 5 nitrogen and oxygen atoms in total. The summed E-state index contributed by atoms with van der Waals surface area (Å²) in [5, 5.41) is 1.02. The fourth-order valence-corrected chi connectivity index (χ4v) is 1.72. The second kappa shape index (κ2) is 4.29. The van der Waals surface area contributed by atoms with Crippen LogP contribution in [0.3, 0.4) is 0 Å². The van der Waals surface area contributed by atoms with E-state index in [9.17, 15) is 4.79 Å². The van der Waals surface area contributed by atoms with E-state index in [1.165, 1.54) is 0 Å². The number of hydrogen-bond donors (Lipinski definition) is 3. The molecule has 0 fully saturated rings. The van der Waals surface area contributed by atoms with Crippen molar-refractivity contribution in [3.63, 3.8) is 0 Å². The third-order valence-corrected chi connectivity index (χ3v) is 2.22. The molecule has 2 amide bonds. The Balaban J connectivity index is 3.19. The van der Waals surface area contributed by atoms with Gasteiger partial charge in [-0.1, -0.05) is 17.7 Å². The highest BCUT2D eigenvalue weighted by atomic mass is 16.2. The lowest BCUT2D eigenvalue weighted by atomic mass is 10.1. The third kappa shape index (κ3) is 2.26. The Morgan fingerprint density at radius 2 is 1.73 bits per heavy atom. The first kappa shape index (κ1) is 11.5. The number of rotatable bonds is 1. The number of hydrogen-bond acceptors (Lipinski definition) is 3. The number of nitrogens with zero attached hydrogens (tertiary/aromatic N) is 1. The zero-order valence-corrected chi connectivity index (χ0v) is 9.16. The molecule has 0 radical (unpaired) electrons. The van der Waals surface area contributed by atoms with Gasteiger partial charge in [-0.05, 0) is 31.9 Å². The number of carbonyl (C=O) groups excluding carboxylic acids is 1. The molecule has 0 aliphatic carbocycles. The van der Waals surface area contributed by atoms with E-state index in [1.54, 1.807) is 0 Å². The van der Waals surface area contributed by atoms with E-state index in [2.05, 4.69) is 0 Å². The van der Waals surface area contributed by atoms with Gasteiger partial charge in [-0.15, -0.1) is 0 Å². The van der Waals surface area contributed by atoms with E-state index in [0.717, 1.165) is 21.7 Å². The summed E-state index contributed by atoms with van der Waals surface area (Å²) in [7, 11) is 0. The maximum absolute atomic E-state index is 11.3. The smallest absolute Gasteiger partial charge is 0.274 e. The van der Waals surface area contributed by atoms with Gasteiger partial charge in [0, 0.05) is 0 Å². The van der Waals surface area contributed by atoms with Gasteiger partial charge in [-0.25, -0.2) is 21.5 Å². The van der Waals surface area contributed by atoms with Crippen LogP contribution in [0.5, 0.6) is 0 Å². The number of nitrogens with one attached hydrogen (secondary N) is 1. The van der Waals surface area contributed by atoms with Crippen molar-refractivity contribution in [1.29, 1.82) is 0 Å². The SMILES string of the molecule is Cc1cc(C)c(N(N)C(=O)NN)c(C)c1. The summed E-state index contributed by atoms with van der Waals surface area (Å²) in [4.78, 5) is 11.3. The standard InChI is InChI=1S/C10H16N4O/c1-6-4-7(2)9(8(3)5-6)14(12)10(15)13-11/h4-5H,11-12H2,1-3H3,(H,13,15). The lowest BCUT2D eigenvalue weighted by Crippen LogP contribution is -2.48. The normalized spacial score (nSPS) is 9.93. The Hall–Kier alpha value is -1.59. The van der Waals surface area contributed by atoms with Gasteiger partial charge in [-0.3, -0.25) is 5.43 Å². The van der Waals surface area contributed by atoms with Crippen molar-refractivity contribution < 1.29 is 4.79 Å². The summed E-state index contributed by atoms with van der Waals surface area (Å²) < 4.78 is 0. The predicted molar refractivity (Wildman–Crippen MR) is 60.0 cm³/mol. The van der Waals surface area contributed by atoms with E-state index in [4.69, 9.17) is 11.7 Å². The van der Waals surface area contributed by atoms with Crippen molar-refractivity contribution in [1.82, 2.24) is 5.43 Å². The van der Waals surface area contributed by atoms with E-state index < -0.39 is 6.03 Å². The highest BCUT2D eigenvalue weighted by Gasteiger charge is 2.14. The van der Waals surface area contributed by atoms with Crippen LogP contribution < -0.4 is 22.1 Å². The Labute approximate surface area is 89.0 Å². The molecule has 1 aromatic rings. The molecular weight excluding hydrogens is 192 g/mol. The molecule has 5 heteroatoms. The quantitative estimate of drug-likeness (QED) is 0.364. The topological polar surface area (TPSA) is 84.4 Å². The second-order valence-corrected chi connectivity index (χ2v) is 3.57. The fourth-order valence-electron chi connectivity index (χ4n) is 1.72. The van der Waals surface area contributed by atoms with Gasteiger partial charge in [0.15, 0.2) is 0 Å². The molecule has 5 N–H and O–H groups in total. The van der Waals surface area contributed by atoms with Gasteiger partial charge < -0.3 is 0 Å². The number of carbonyl (C=O) groups is 1. The number of anilines is 1. The molecule has 0 atom stereocenters. The van der Waals surface area contributed by atoms with E-state index in [0.29, 0.717) is 5.69 Å². The summed E-state index contributed by atoms with van der Waals surface area (Å²) in [5.74, 6) is 10.7. The van der Waals surface area contributed by atoms with Crippen LogP contribution in [0, 0.1) is 20.8 Å². The largest absolute Gasteiger partial charge is 0.350 e. The second-order valence-electron chi connectivity index (χ2n) is 3.57. The minimum Gasteiger partial charge on any atom is -0.274 e. The summed E-state index contributed by atoms with van der Waals surface area (Å²) in [6.07, 6.45) is 0.